The van der Waals surface area contributed by atoms with Gasteiger partial charge in [-0.3, -0.25) is 0 Å². The third-order valence-corrected chi connectivity index (χ3v) is 3.34. The summed E-state index contributed by atoms with van der Waals surface area (Å²) in [6.07, 6.45) is 0. The van der Waals surface area contributed by atoms with E-state index in [9.17, 15) is 8.78 Å². The zero-order chi connectivity index (χ0) is 13.6. The number of aryl methyl sites for hydroxylation is 1. The van der Waals surface area contributed by atoms with E-state index < -0.39 is 11.6 Å². The van der Waals surface area contributed by atoms with E-state index in [1.54, 1.807) is 6.07 Å². The lowest BCUT2D eigenvalue weighted by Crippen LogP contribution is -2.02. The van der Waals surface area contributed by atoms with Crippen LogP contribution in [0.1, 0.15) is 5.69 Å². The Labute approximate surface area is 113 Å². The van der Waals surface area contributed by atoms with Gasteiger partial charge >= 0.3 is 0 Å². The smallest absolute Gasteiger partial charge is 0.151 e. The van der Waals surface area contributed by atoms with Gasteiger partial charge in [-0.25, -0.2) is 13.5 Å². The minimum absolute atomic E-state index is 0.200. The van der Waals surface area contributed by atoms with Gasteiger partial charge < -0.3 is 0 Å². The summed E-state index contributed by atoms with van der Waals surface area (Å²) in [5.74, 6) is -1.28. The van der Waals surface area contributed by atoms with Crippen LogP contribution in [0.2, 0.25) is 5.02 Å². The van der Waals surface area contributed by atoms with Gasteiger partial charge in [-0.2, -0.15) is 5.10 Å². The quantitative estimate of drug-likeness (QED) is 0.650. The Balaban J connectivity index is 2.31. The number of halogens is 3. The maximum absolute atomic E-state index is 13.8. The Morgan fingerprint density at radius 1 is 1.16 bits per heavy atom. The van der Waals surface area contributed by atoms with E-state index in [2.05, 4.69) is 5.10 Å². The first-order valence-electron chi connectivity index (χ1n) is 5.67. The van der Waals surface area contributed by atoms with Crippen LogP contribution in [-0.4, -0.2) is 9.78 Å². The van der Waals surface area contributed by atoms with E-state index in [4.69, 9.17) is 11.6 Å². The molecule has 2 nitrogen and oxygen atoms in total. The zero-order valence-electron chi connectivity index (χ0n) is 9.99. The highest BCUT2D eigenvalue weighted by Crippen LogP contribution is 2.27. The van der Waals surface area contributed by atoms with Crippen molar-refractivity contribution in [2.45, 2.75) is 6.92 Å². The number of rotatable bonds is 1. The van der Waals surface area contributed by atoms with Crippen molar-refractivity contribution in [3.63, 3.8) is 0 Å². The molecule has 2 aromatic carbocycles. The number of benzene rings is 2. The van der Waals surface area contributed by atoms with Gasteiger partial charge in [0.2, 0.25) is 0 Å². The number of fused-ring (bicyclic) bond motifs is 1. The van der Waals surface area contributed by atoms with Crippen molar-refractivity contribution in [1.82, 2.24) is 9.78 Å². The number of nitrogens with zero attached hydrogens (tertiary/aromatic N) is 2. The van der Waals surface area contributed by atoms with Crippen molar-refractivity contribution in [2.24, 2.45) is 0 Å². The van der Waals surface area contributed by atoms with Gasteiger partial charge in [-0.05, 0) is 25.1 Å². The van der Waals surface area contributed by atoms with Crippen LogP contribution in [0.15, 0.2) is 36.4 Å². The van der Waals surface area contributed by atoms with Gasteiger partial charge in [0, 0.05) is 17.1 Å². The lowest BCUT2D eigenvalue weighted by Gasteiger charge is -2.05. The second-order valence-electron chi connectivity index (χ2n) is 4.23. The SMILES string of the molecule is Cc1c2cccc(Cl)c2nn1-c1ccc(F)cc1F. The minimum Gasteiger partial charge on any atom is -0.234 e. The molecule has 0 fully saturated rings. The molecule has 0 unspecified atom stereocenters. The van der Waals surface area contributed by atoms with Crippen LogP contribution < -0.4 is 0 Å². The predicted octanol–water partition coefficient (Wildman–Crippen LogP) is 4.27. The molecule has 0 amide bonds. The summed E-state index contributed by atoms with van der Waals surface area (Å²) in [4.78, 5) is 0. The molecular formula is C14H9ClF2N2. The van der Waals surface area contributed by atoms with Crippen molar-refractivity contribution in [2.75, 3.05) is 0 Å². The molecule has 0 spiro atoms. The van der Waals surface area contributed by atoms with Crippen LogP contribution in [0, 0.1) is 18.6 Å². The van der Waals surface area contributed by atoms with E-state index in [0.29, 0.717) is 10.5 Å². The summed E-state index contributed by atoms with van der Waals surface area (Å²) in [5, 5.41) is 5.64. The first-order chi connectivity index (χ1) is 9.08. The summed E-state index contributed by atoms with van der Waals surface area (Å²) >= 11 is 6.07. The highest BCUT2D eigenvalue weighted by atomic mass is 35.5. The number of aromatic nitrogens is 2. The molecule has 0 saturated heterocycles. The molecule has 3 aromatic rings. The molecule has 1 aromatic heterocycles. The molecule has 0 aliphatic carbocycles. The lowest BCUT2D eigenvalue weighted by atomic mass is 10.2. The molecule has 19 heavy (non-hydrogen) atoms. The normalized spacial score (nSPS) is 11.2. The van der Waals surface area contributed by atoms with Crippen molar-refractivity contribution in [1.29, 1.82) is 0 Å². The van der Waals surface area contributed by atoms with Crippen molar-refractivity contribution >= 4 is 22.5 Å². The Morgan fingerprint density at radius 2 is 1.95 bits per heavy atom. The van der Waals surface area contributed by atoms with Crippen LogP contribution >= 0.6 is 11.6 Å². The third-order valence-electron chi connectivity index (χ3n) is 3.03. The van der Waals surface area contributed by atoms with Gasteiger partial charge in [0.1, 0.15) is 17.0 Å². The molecule has 3 rings (SSSR count). The summed E-state index contributed by atoms with van der Waals surface area (Å²) in [6.45, 7) is 1.81. The zero-order valence-corrected chi connectivity index (χ0v) is 10.7. The van der Waals surface area contributed by atoms with Crippen LogP contribution in [0.25, 0.3) is 16.6 Å². The van der Waals surface area contributed by atoms with Crippen LogP contribution in [0.5, 0.6) is 0 Å². The van der Waals surface area contributed by atoms with Crippen molar-refractivity contribution < 1.29 is 8.78 Å². The monoisotopic (exact) mass is 278 g/mol. The van der Waals surface area contributed by atoms with Crippen molar-refractivity contribution in [3.05, 3.63) is 58.7 Å². The molecule has 0 radical (unpaired) electrons. The summed E-state index contributed by atoms with van der Waals surface area (Å²) in [7, 11) is 0. The molecular weight excluding hydrogens is 270 g/mol. The van der Waals surface area contributed by atoms with Gasteiger partial charge in [0.15, 0.2) is 5.82 Å². The summed E-state index contributed by atoms with van der Waals surface area (Å²) < 4.78 is 28.2. The molecule has 0 bridgehead atoms. The van der Waals surface area contributed by atoms with E-state index in [1.807, 2.05) is 19.1 Å². The van der Waals surface area contributed by atoms with Crippen LogP contribution in [-0.2, 0) is 0 Å². The fraction of sp³-hybridized carbons (Fsp3) is 0.0714. The molecule has 0 aliphatic heterocycles. The standard InChI is InChI=1S/C14H9ClF2N2/c1-8-10-3-2-4-11(15)14(10)18-19(8)13-6-5-9(16)7-12(13)17/h2-7H,1H3. The van der Waals surface area contributed by atoms with Crippen LogP contribution in [0.4, 0.5) is 8.78 Å². The first-order valence-corrected chi connectivity index (χ1v) is 6.05. The molecule has 0 atom stereocenters. The van der Waals surface area contributed by atoms with E-state index in [0.717, 1.165) is 17.1 Å². The van der Waals surface area contributed by atoms with Crippen LogP contribution in [0.3, 0.4) is 0 Å². The second-order valence-corrected chi connectivity index (χ2v) is 4.64. The van der Waals surface area contributed by atoms with Crippen molar-refractivity contribution in [3.8, 4) is 5.69 Å². The van der Waals surface area contributed by atoms with Gasteiger partial charge in [-0.1, -0.05) is 23.7 Å². The fourth-order valence-electron chi connectivity index (χ4n) is 2.09. The maximum atomic E-state index is 13.8. The van der Waals surface area contributed by atoms with E-state index in [-0.39, 0.29) is 5.69 Å². The third kappa shape index (κ3) is 1.88. The average Bonchev–Trinajstić information content (AvgIpc) is 2.69. The molecule has 0 aliphatic rings. The lowest BCUT2D eigenvalue weighted by molar-refractivity contribution is 0.573. The molecule has 0 saturated carbocycles. The largest absolute Gasteiger partial charge is 0.234 e. The first kappa shape index (κ1) is 12.1. The molecule has 0 N–H and O–H groups in total. The van der Waals surface area contributed by atoms with E-state index in [1.165, 1.54) is 16.8 Å². The number of hydrogen-bond donors (Lipinski definition) is 0. The van der Waals surface area contributed by atoms with Gasteiger partial charge in [0.25, 0.3) is 0 Å². The molecule has 96 valence electrons. The Hall–Kier alpha value is -1.94. The van der Waals surface area contributed by atoms with Gasteiger partial charge in [-0.15, -0.1) is 0 Å². The molecule has 1 heterocycles. The maximum Gasteiger partial charge on any atom is 0.151 e. The topological polar surface area (TPSA) is 17.8 Å². The fourth-order valence-corrected chi connectivity index (χ4v) is 2.30. The predicted molar refractivity (Wildman–Crippen MR) is 70.7 cm³/mol. The Bertz CT molecular complexity index is 780. The Morgan fingerprint density at radius 3 is 2.63 bits per heavy atom. The second kappa shape index (κ2) is 4.31. The van der Waals surface area contributed by atoms with Gasteiger partial charge in [0.05, 0.1) is 5.02 Å². The summed E-state index contributed by atoms with van der Waals surface area (Å²) in [6, 6.07) is 8.79. The number of hydrogen-bond acceptors (Lipinski definition) is 1. The summed E-state index contributed by atoms with van der Waals surface area (Å²) in [5.41, 5.74) is 1.56. The molecule has 5 heteroatoms. The minimum atomic E-state index is -0.660. The highest BCUT2D eigenvalue weighted by molar-refractivity contribution is 6.35. The average molecular weight is 279 g/mol. The highest BCUT2D eigenvalue weighted by Gasteiger charge is 2.14. The Kier molecular flexibility index (Phi) is 2.75. The van der Waals surface area contributed by atoms with E-state index >= 15 is 0 Å².